The summed E-state index contributed by atoms with van der Waals surface area (Å²) in [6, 6.07) is 1.79. The average Bonchev–Trinajstić information content (AvgIpc) is 2.87. The average molecular weight is 202 g/mol. The zero-order valence-electron chi connectivity index (χ0n) is 9.10. The van der Waals surface area contributed by atoms with Gasteiger partial charge in [-0.05, 0) is 31.6 Å². The van der Waals surface area contributed by atoms with Crippen molar-refractivity contribution in [1.29, 1.82) is 0 Å². The Hall–Kier alpha value is -0.760. The molecule has 0 aromatic heterocycles. The number of rotatable bonds is 0. The highest BCUT2D eigenvalue weighted by Crippen LogP contribution is 2.45. The molecular formula is C13H18N2. The van der Waals surface area contributed by atoms with E-state index < -0.39 is 0 Å². The van der Waals surface area contributed by atoms with Crippen LogP contribution in [0.2, 0.25) is 0 Å². The quantitative estimate of drug-likeness (QED) is 0.592. The van der Waals surface area contributed by atoms with Crippen molar-refractivity contribution >= 4 is 0 Å². The standard InChI is InChI=1S/C13H18N2/c1-2-6-14-9-13-10-4-5-11(7-10)15(13)8-12(14)3-1/h2-3,6,10-11,13H,1,4-5,7-9H2. The summed E-state index contributed by atoms with van der Waals surface area (Å²) in [5.74, 6) is 1.01. The van der Waals surface area contributed by atoms with Crippen molar-refractivity contribution in [3.8, 4) is 0 Å². The van der Waals surface area contributed by atoms with Crippen LogP contribution in [0, 0.1) is 5.92 Å². The maximum Gasteiger partial charge on any atom is 0.0390 e. The SMILES string of the molecule is C1=CN2CC3C4CCC(C4)N3CC2=CC1. The topological polar surface area (TPSA) is 6.48 Å². The van der Waals surface area contributed by atoms with Crippen LogP contribution in [0.4, 0.5) is 0 Å². The van der Waals surface area contributed by atoms with Crippen LogP contribution in [0.25, 0.3) is 0 Å². The Kier molecular flexibility index (Phi) is 1.61. The minimum atomic E-state index is 0.864. The second kappa shape index (κ2) is 2.88. The lowest BCUT2D eigenvalue weighted by Crippen LogP contribution is -2.53. The Morgan fingerprint density at radius 2 is 2.27 bits per heavy atom. The van der Waals surface area contributed by atoms with Gasteiger partial charge in [0.2, 0.25) is 0 Å². The number of piperidine rings is 1. The summed E-state index contributed by atoms with van der Waals surface area (Å²) in [5.41, 5.74) is 1.56. The van der Waals surface area contributed by atoms with E-state index in [4.69, 9.17) is 0 Å². The molecule has 3 unspecified atom stereocenters. The smallest absolute Gasteiger partial charge is 0.0390 e. The van der Waals surface area contributed by atoms with Crippen molar-refractivity contribution < 1.29 is 0 Å². The molecule has 2 saturated heterocycles. The van der Waals surface area contributed by atoms with Gasteiger partial charge in [0, 0.05) is 37.1 Å². The Balaban J connectivity index is 1.65. The molecule has 3 heterocycles. The van der Waals surface area contributed by atoms with Gasteiger partial charge in [-0.1, -0.05) is 12.2 Å². The van der Waals surface area contributed by atoms with Crippen LogP contribution >= 0.6 is 0 Å². The Morgan fingerprint density at radius 3 is 3.27 bits per heavy atom. The zero-order chi connectivity index (χ0) is 9.83. The van der Waals surface area contributed by atoms with Gasteiger partial charge in [0.1, 0.15) is 0 Å². The molecule has 15 heavy (non-hydrogen) atoms. The second-order valence-electron chi connectivity index (χ2n) is 5.43. The Labute approximate surface area is 91.2 Å². The number of fused-ring (bicyclic) bond motifs is 6. The summed E-state index contributed by atoms with van der Waals surface area (Å²) >= 11 is 0. The molecule has 3 aliphatic heterocycles. The van der Waals surface area contributed by atoms with Gasteiger partial charge in [-0.3, -0.25) is 4.90 Å². The fourth-order valence-electron chi connectivity index (χ4n) is 4.01. The van der Waals surface area contributed by atoms with E-state index in [1.165, 1.54) is 32.4 Å². The van der Waals surface area contributed by atoms with Gasteiger partial charge < -0.3 is 4.90 Å². The van der Waals surface area contributed by atoms with Crippen molar-refractivity contribution in [3.63, 3.8) is 0 Å². The van der Waals surface area contributed by atoms with Gasteiger partial charge in [0.25, 0.3) is 0 Å². The molecule has 80 valence electrons. The van der Waals surface area contributed by atoms with Gasteiger partial charge in [-0.25, -0.2) is 0 Å². The molecule has 3 fully saturated rings. The molecule has 3 atom stereocenters. The van der Waals surface area contributed by atoms with E-state index in [2.05, 4.69) is 28.2 Å². The first-order valence-electron chi connectivity index (χ1n) is 6.30. The molecule has 1 aliphatic carbocycles. The van der Waals surface area contributed by atoms with Crippen LogP contribution in [-0.4, -0.2) is 35.0 Å². The van der Waals surface area contributed by atoms with Crippen molar-refractivity contribution in [3.05, 3.63) is 24.0 Å². The van der Waals surface area contributed by atoms with Crippen LogP contribution in [0.5, 0.6) is 0 Å². The lowest BCUT2D eigenvalue weighted by atomic mass is 9.95. The highest BCUT2D eigenvalue weighted by atomic mass is 15.3. The van der Waals surface area contributed by atoms with Gasteiger partial charge in [-0.15, -0.1) is 0 Å². The molecule has 2 bridgehead atoms. The van der Waals surface area contributed by atoms with E-state index in [1.54, 1.807) is 5.70 Å². The molecule has 0 aromatic rings. The Morgan fingerprint density at radius 1 is 1.27 bits per heavy atom. The van der Waals surface area contributed by atoms with E-state index >= 15 is 0 Å². The van der Waals surface area contributed by atoms with Crippen LogP contribution in [0.15, 0.2) is 24.0 Å². The molecule has 4 aliphatic rings. The summed E-state index contributed by atoms with van der Waals surface area (Å²) in [6.07, 6.45) is 12.6. The fraction of sp³-hybridized carbons (Fsp3) is 0.692. The number of piperazine rings is 1. The zero-order valence-corrected chi connectivity index (χ0v) is 9.10. The third kappa shape index (κ3) is 1.09. The van der Waals surface area contributed by atoms with Crippen LogP contribution < -0.4 is 0 Å². The minimum Gasteiger partial charge on any atom is -0.349 e. The van der Waals surface area contributed by atoms with Crippen molar-refractivity contribution in [2.24, 2.45) is 5.92 Å². The molecule has 4 rings (SSSR count). The van der Waals surface area contributed by atoms with E-state index in [9.17, 15) is 0 Å². The van der Waals surface area contributed by atoms with E-state index in [1.807, 2.05) is 0 Å². The molecule has 0 aromatic carbocycles. The monoisotopic (exact) mass is 202 g/mol. The number of nitrogens with zero attached hydrogens (tertiary/aromatic N) is 2. The summed E-state index contributed by atoms with van der Waals surface area (Å²) in [4.78, 5) is 5.28. The number of hydrogen-bond donors (Lipinski definition) is 0. The summed E-state index contributed by atoms with van der Waals surface area (Å²) in [6.45, 7) is 2.47. The fourth-order valence-corrected chi connectivity index (χ4v) is 4.01. The van der Waals surface area contributed by atoms with Crippen molar-refractivity contribution in [1.82, 2.24) is 9.80 Å². The first kappa shape index (κ1) is 8.40. The molecule has 0 radical (unpaired) electrons. The van der Waals surface area contributed by atoms with E-state index in [-0.39, 0.29) is 0 Å². The van der Waals surface area contributed by atoms with E-state index in [0.717, 1.165) is 24.4 Å². The lowest BCUT2D eigenvalue weighted by molar-refractivity contribution is 0.0903. The molecule has 0 N–H and O–H groups in total. The van der Waals surface area contributed by atoms with Crippen LogP contribution in [0.1, 0.15) is 25.7 Å². The second-order valence-corrected chi connectivity index (χ2v) is 5.43. The van der Waals surface area contributed by atoms with Crippen molar-refractivity contribution in [2.75, 3.05) is 13.1 Å². The highest BCUT2D eigenvalue weighted by Gasteiger charge is 2.48. The molecule has 0 amide bonds. The lowest BCUT2D eigenvalue weighted by Gasteiger charge is -2.45. The summed E-state index contributed by atoms with van der Waals surface area (Å²) in [7, 11) is 0. The van der Waals surface area contributed by atoms with Crippen LogP contribution in [0.3, 0.4) is 0 Å². The molecule has 2 heteroatoms. The number of allylic oxidation sites excluding steroid dienone is 2. The first-order chi connectivity index (χ1) is 7.42. The normalized spacial score (nSPS) is 42.8. The van der Waals surface area contributed by atoms with Crippen LogP contribution in [-0.2, 0) is 0 Å². The molecule has 2 nitrogen and oxygen atoms in total. The Bertz CT molecular complexity index is 344. The third-order valence-corrected chi connectivity index (χ3v) is 4.76. The number of hydrogen-bond acceptors (Lipinski definition) is 2. The van der Waals surface area contributed by atoms with Gasteiger partial charge in [-0.2, -0.15) is 0 Å². The third-order valence-electron chi connectivity index (χ3n) is 4.76. The molecular weight excluding hydrogens is 184 g/mol. The summed E-state index contributed by atoms with van der Waals surface area (Å²) < 4.78 is 0. The predicted octanol–water partition coefficient (Wildman–Crippen LogP) is 1.96. The summed E-state index contributed by atoms with van der Waals surface area (Å²) in [5, 5.41) is 0. The minimum absolute atomic E-state index is 0.864. The van der Waals surface area contributed by atoms with E-state index in [0.29, 0.717) is 0 Å². The van der Waals surface area contributed by atoms with Gasteiger partial charge >= 0.3 is 0 Å². The van der Waals surface area contributed by atoms with Gasteiger partial charge in [0.15, 0.2) is 0 Å². The highest BCUT2D eigenvalue weighted by molar-refractivity contribution is 5.20. The maximum absolute atomic E-state index is 2.79. The molecule has 0 spiro atoms. The largest absolute Gasteiger partial charge is 0.349 e. The predicted molar refractivity (Wildman–Crippen MR) is 60.2 cm³/mol. The maximum atomic E-state index is 2.79. The van der Waals surface area contributed by atoms with Crippen molar-refractivity contribution in [2.45, 2.75) is 37.8 Å². The molecule has 1 saturated carbocycles. The van der Waals surface area contributed by atoms with Gasteiger partial charge in [0.05, 0.1) is 0 Å². The first-order valence-corrected chi connectivity index (χ1v) is 6.30.